The van der Waals surface area contributed by atoms with E-state index in [2.05, 4.69) is 0 Å². The zero-order valence-electron chi connectivity index (χ0n) is 18.2. The van der Waals surface area contributed by atoms with Gasteiger partial charge in [0.05, 0.1) is 18.8 Å². The number of carbonyl (C=O) groups excluding carboxylic acids is 2. The third-order valence-electron chi connectivity index (χ3n) is 7.74. The molecule has 0 aromatic heterocycles. The molecule has 8 atom stereocenters. The first kappa shape index (κ1) is 21.7. The molecule has 2 aliphatic heterocycles. The predicted molar refractivity (Wildman–Crippen MR) is 104 cm³/mol. The summed E-state index contributed by atoms with van der Waals surface area (Å²) in [4.78, 5) is 24.1. The number of hydrogen-bond acceptors (Lipinski definition) is 8. The van der Waals surface area contributed by atoms with Crippen molar-refractivity contribution in [2.75, 3.05) is 13.2 Å². The number of aliphatic hydroxyl groups excluding tert-OH is 2. The molecule has 4 rings (SSSR count). The molecule has 1 saturated carbocycles. The lowest BCUT2D eigenvalue weighted by Crippen LogP contribution is -2.67. The summed E-state index contributed by atoms with van der Waals surface area (Å²) >= 11 is 0. The maximum absolute atomic E-state index is 12.4. The van der Waals surface area contributed by atoms with Crippen molar-refractivity contribution in [3.63, 3.8) is 0 Å². The number of aliphatic hydroxyl groups is 2. The summed E-state index contributed by atoms with van der Waals surface area (Å²) in [6.07, 6.45) is -1.50. The molecule has 0 aromatic carbocycles. The fourth-order valence-electron chi connectivity index (χ4n) is 5.92. The van der Waals surface area contributed by atoms with Crippen LogP contribution in [0.1, 0.15) is 47.5 Å². The van der Waals surface area contributed by atoms with E-state index in [1.165, 1.54) is 6.92 Å². The number of ether oxygens (including phenoxy) is 4. The lowest BCUT2D eigenvalue weighted by atomic mass is 9.51. The molecule has 0 aromatic rings. The van der Waals surface area contributed by atoms with E-state index in [0.29, 0.717) is 19.4 Å². The van der Waals surface area contributed by atoms with Crippen LogP contribution in [0.25, 0.3) is 0 Å². The van der Waals surface area contributed by atoms with Crippen molar-refractivity contribution in [2.45, 2.75) is 83.6 Å². The van der Waals surface area contributed by atoms with Crippen molar-refractivity contribution >= 4 is 11.9 Å². The Labute approximate surface area is 176 Å². The van der Waals surface area contributed by atoms with Crippen molar-refractivity contribution in [1.82, 2.24) is 0 Å². The molecule has 2 N–H and O–H groups in total. The molecule has 3 fully saturated rings. The maximum atomic E-state index is 12.4. The van der Waals surface area contributed by atoms with Gasteiger partial charge in [0.1, 0.15) is 30.5 Å². The average Bonchev–Trinajstić information content (AvgIpc) is 3.43. The van der Waals surface area contributed by atoms with Gasteiger partial charge in [0.15, 0.2) is 0 Å². The second-order valence-electron chi connectivity index (χ2n) is 9.92. The molecule has 0 unspecified atom stereocenters. The molecule has 30 heavy (non-hydrogen) atoms. The van der Waals surface area contributed by atoms with Crippen molar-refractivity contribution in [2.24, 2.45) is 16.7 Å². The van der Waals surface area contributed by atoms with Gasteiger partial charge in [-0.25, -0.2) is 0 Å². The first-order valence-corrected chi connectivity index (χ1v) is 10.7. The third kappa shape index (κ3) is 2.80. The Morgan fingerprint density at radius 2 is 2.00 bits per heavy atom. The summed E-state index contributed by atoms with van der Waals surface area (Å²) in [5, 5.41) is 21.9. The molecule has 2 heterocycles. The van der Waals surface area contributed by atoms with Crippen LogP contribution in [-0.4, -0.2) is 71.5 Å². The number of rotatable bonds is 5. The zero-order valence-corrected chi connectivity index (χ0v) is 18.2. The molecular weight excluding hydrogens is 392 g/mol. The fraction of sp³-hybridized carbons (Fsp3) is 0.818. The highest BCUT2D eigenvalue weighted by atomic mass is 16.6. The van der Waals surface area contributed by atoms with Gasteiger partial charge in [0, 0.05) is 30.6 Å². The summed E-state index contributed by atoms with van der Waals surface area (Å²) < 4.78 is 23.4. The Hall–Kier alpha value is -1.48. The predicted octanol–water partition coefficient (Wildman–Crippen LogP) is 1.12. The van der Waals surface area contributed by atoms with Gasteiger partial charge in [0.2, 0.25) is 0 Å². The first-order chi connectivity index (χ1) is 14.0. The number of carbonyl (C=O) groups is 2. The van der Waals surface area contributed by atoms with E-state index < -0.39 is 52.9 Å². The highest BCUT2D eigenvalue weighted by Crippen LogP contribution is 2.71. The summed E-state index contributed by atoms with van der Waals surface area (Å²) in [6.45, 7) is 9.28. The zero-order chi connectivity index (χ0) is 22.1. The van der Waals surface area contributed by atoms with Gasteiger partial charge in [-0.1, -0.05) is 26.8 Å². The number of hydrogen-bond donors (Lipinski definition) is 2. The van der Waals surface area contributed by atoms with Gasteiger partial charge in [-0.2, -0.15) is 0 Å². The molecule has 8 heteroatoms. The van der Waals surface area contributed by atoms with Crippen molar-refractivity contribution in [3.05, 3.63) is 11.6 Å². The van der Waals surface area contributed by atoms with Gasteiger partial charge < -0.3 is 29.2 Å². The highest BCUT2D eigenvalue weighted by molar-refractivity contribution is 5.70. The van der Waals surface area contributed by atoms with Gasteiger partial charge in [-0.3, -0.25) is 9.59 Å². The van der Waals surface area contributed by atoms with Crippen LogP contribution in [0.15, 0.2) is 11.6 Å². The molecule has 2 aliphatic carbocycles. The largest absolute Gasteiger partial charge is 0.465 e. The van der Waals surface area contributed by atoms with Crippen LogP contribution in [0.2, 0.25) is 0 Å². The van der Waals surface area contributed by atoms with Gasteiger partial charge in [-0.05, 0) is 18.4 Å². The second kappa shape index (κ2) is 7.02. The molecule has 1 spiro atoms. The van der Waals surface area contributed by atoms with Crippen LogP contribution in [0.5, 0.6) is 0 Å². The Morgan fingerprint density at radius 1 is 1.33 bits per heavy atom. The first-order valence-electron chi connectivity index (χ1n) is 10.7. The van der Waals surface area contributed by atoms with Gasteiger partial charge in [0.25, 0.3) is 0 Å². The van der Waals surface area contributed by atoms with Crippen molar-refractivity contribution in [3.8, 4) is 0 Å². The molecule has 0 amide bonds. The van der Waals surface area contributed by atoms with E-state index in [4.69, 9.17) is 18.9 Å². The summed E-state index contributed by atoms with van der Waals surface area (Å²) in [7, 11) is 0. The van der Waals surface area contributed by atoms with Crippen LogP contribution in [0.3, 0.4) is 0 Å². The Bertz CT molecular complexity index is 771. The quantitative estimate of drug-likeness (QED) is 0.383. The molecule has 4 aliphatic rings. The molecule has 8 nitrogen and oxygen atoms in total. The fourth-order valence-corrected chi connectivity index (χ4v) is 5.92. The lowest BCUT2D eigenvalue weighted by molar-refractivity contribution is -0.239. The minimum absolute atomic E-state index is 0.0346. The maximum Gasteiger partial charge on any atom is 0.306 e. The molecule has 2 saturated heterocycles. The van der Waals surface area contributed by atoms with Gasteiger partial charge >= 0.3 is 11.9 Å². The number of esters is 2. The minimum Gasteiger partial charge on any atom is -0.465 e. The molecule has 0 radical (unpaired) electrons. The highest BCUT2D eigenvalue weighted by Gasteiger charge is 2.85. The van der Waals surface area contributed by atoms with Crippen LogP contribution >= 0.6 is 0 Å². The molecule has 168 valence electrons. The van der Waals surface area contributed by atoms with Crippen LogP contribution in [0, 0.1) is 16.7 Å². The Balaban J connectivity index is 1.75. The third-order valence-corrected chi connectivity index (χ3v) is 7.74. The van der Waals surface area contributed by atoms with Gasteiger partial charge in [-0.15, -0.1) is 0 Å². The smallest absolute Gasteiger partial charge is 0.306 e. The second-order valence-corrected chi connectivity index (χ2v) is 9.92. The summed E-state index contributed by atoms with van der Waals surface area (Å²) in [6, 6.07) is 0. The Morgan fingerprint density at radius 3 is 2.57 bits per heavy atom. The monoisotopic (exact) mass is 424 g/mol. The topological polar surface area (TPSA) is 115 Å². The van der Waals surface area contributed by atoms with Crippen LogP contribution < -0.4 is 0 Å². The van der Waals surface area contributed by atoms with E-state index in [1.54, 1.807) is 0 Å². The summed E-state index contributed by atoms with van der Waals surface area (Å²) in [5.74, 6) is -0.584. The van der Waals surface area contributed by atoms with Crippen molar-refractivity contribution in [1.29, 1.82) is 0 Å². The van der Waals surface area contributed by atoms with E-state index in [1.807, 2.05) is 33.8 Å². The van der Waals surface area contributed by atoms with Crippen LogP contribution in [0.4, 0.5) is 0 Å². The SMILES string of the molecule is CC(=O)OC[C@]12C[C@@H](OC(=O)CC(C)C)C(C)=C[C@H]1O[C@@H]1[C@H](O)[C@@H](O)[C@@]2(C)[C@]12CO2. The van der Waals surface area contributed by atoms with E-state index >= 15 is 0 Å². The minimum atomic E-state index is -1.13. The van der Waals surface area contributed by atoms with Crippen LogP contribution in [-0.2, 0) is 28.5 Å². The Kier molecular flexibility index (Phi) is 5.09. The van der Waals surface area contributed by atoms with E-state index in [0.717, 1.165) is 5.57 Å². The number of epoxide rings is 1. The lowest BCUT2D eigenvalue weighted by Gasteiger charge is -2.58. The summed E-state index contributed by atoms with van der Waals surface area (Å²) in [5.41, 5.74) is -1.89. The van der Waals surface area contributed by atoms with Crippen molar-refractivity contribution < 1.29 is 38.7 Å². The number of fused-ring (bicyclic) bond motifs is 2. The standard InChI is InChI=1S/C22H32O8/c1-11(2)6-16(24)29-14-8-21(9-27-13(4)23)15(7-12(14)3)30-19-17(25)18(26)20(21,5)22(19)10-28-22/h7,11,14-15,17-19,25-26H,6,8-10H2,1-5H3/t14-,15-,17-,18-,19-,20-,21-,22+/m1/s1. The molecular formula is C22H32O8. The average molecular weight is 424 g/mol. The normalized spacial score (nSPS) is 46.4. The van der Waals surface area contributed by atoms with E-state index in [-0.39, 0.29) is 18.5 Å². The van der Waals surface area contributed by atoms with E-state index in [9.17, 15) is 19.8 Å². The molecule has 2 bridgehead atoms.